The first kappa shape index (κ1) is 16.4. The van der Waals surface area contributed by atoms with E-state index >= 15 is 0 Å². The van der Waals surface area contributed by atoms with Gasteiger partial charge < -0.3 is 4.74 Å². The average Bonchev–Trinajstić information content (AvgIpc) is 2.51. The Bertz CT molecular complexity index is 517. The maximum Gasteiger partial charge on any atom is 0.157 e. The van der Waals surface area contributed by atoms with E-state index in [9.17, 15) is 9.18 Å². The molecular formula is C16H21ClFNO2. The van der Waals surface area contributed by atoms with Crippen molar-refractivity contribution in [2.45, 2.75) is 32.2 Å². The van der Waals surface area contributed by atoms with E-state index in [2.05, 4.69) is 4.90 Å². The maximum absolute atomic E-state index is 13.3. The molecule has 0 amide bonds. The predicted octanol–water partition coefficient (Wildman–Crippen LogP) is 3.09. The van der Waals surface area contributed by atoms with Gasteiger partial charge in [0.05, 0.1) is 18.8 Å². The Morgan fingerprint density at radius 3 is 2.71 bits per heavy atom. The summed E-state index contributed by atoms with van der Waals surface area (Å²) in [5.41, 5.74) is -0.00557. The lowest BCUT2D eigenvalue weighted by Gasteiger charge is -2.41. The highest BCUT2D eigenvalue weighted by molar-refractivity contribution is 6.31. The monoisotopic (exact) mass is 313 g/mol. The molecule has 0 aliphatic carbocycles. The second-order valence-corrected chi connectivity index (χ2v) is 5.97. The fraction of sp³-hybridized carbons (Fsp3) is 0.562. The van der Waals surface area contributed by atoms with Gasteiger partial charge in [-0.3, -0.25) is 9.69 Å². The van der Waals surface area contributed by atoms with Crippen LogP contribution in [-0.4, -0.2) is 42.5 Å². The molecule has 1 atom stereocenters. The van der Waals surface area contributed by atoms with Gasteiger partial charge in [0, 0.05) is 24.5 Å². The number of ether oxygens (including phenoxy) is 1. The molecule has 1 aromatic carbocycles. The van der Waals surface area contributed by atoms with Crippen molar-refractivity contribution in [3.8, 4) is 0 Å². The second kappa shape index (κ2) is 6.86. The van der Waals surface area contributed by atoms with Crippen LogP contribution in [0.2, 0.25) is 5.02 Å². The topological polar surface area (TPSA) is 29.5 Å². The zero-order valence-electron chi connectivity index (χ0n) is 12.5. The van der Waals surface area contributed by atoms with Crippen molar-refractivity contribution in [2.75, 3.05) is 26.3 Å². The molecule has 0 aromatic heterocycles. The summed E-state index contributed by atoms with van der Waals surface area (Å²) >= 11 is 6.07. The number of morpholine rings is 1. The van der Waals surface area contributed by atoms with Crippen LogP contribution in [0.15, 0.2) is 18.2 Å². The molecule has 1 aromatic rings. The molecule has 3 nitrogen and oxygen atoms in total. The fourth-order valence-electron chi connectivity index (χ4n) is 2.70. The Kier molecular flexibility index (Phi) is 5.36. The number of Topliss-reactive ketones (excluding diaryl/α,β-unsaturated/α-hetero) is 1. The number of carbonyl (C=O) groups is 1. The SMILES string of the molecule is CCC(C)(C(=O)Cc1cc(F)ccc1Cl)N1CCOCC1. The quantitative estimate of drug-likeness (QED) is 0.836. The molecule has 1 heterocycles. The Morgan fingerprint density at radius 1 is 1.43 bits per heavy atom. The van der Waals surface area contributed by atoms with Gasteiger partial charge in [0.1, 0.15) is 5.82 Å². The van der Waals surface area contributed by atoms with Crippen LogP contribution in [0, 0.1) is 5.82 Å². The Balaban J connectivity index is 2.17. The van der Waals surface area contributed by atoms with Crippen LogP contribution in [0.1, 0.15) is 25.8 Å². The highest BCUT2D eigenvalue weighted by atomic mass is 35.5. The van der Waals surface area contributed by atoms with Crippen molar-refractivity contribution in [2.24, 2.45) is 0 Å². The van der Waals surface area contributed by atoms with Crippen molar-refractivity contribution >= 4 is 17.4 Å². The standard InChI is InChI=1S/C16H21ClFNO2/c1-3-16(2,19-6-8-21-9-7-19)15(20)11-12-10-13(18)4-5-14(12)17/h4-5,10H,3,6-9,11H2,1-2H3. The summed E-state index contributed by atoms with van der Waals surface area (Å²) in [5, 5.41) is 0.435. The van der Waals surface area contributed by atoms with E-state index in [-0.39, 0.29) is 18.0 Å². The molecule has 1 unspecified atom stereocenters. The van der Waals surface area contributed by atoms with Gasteiger partial charge >= 0.3 is 0 Å². The molecule has 1 saturated heterocycles. The molecule has 1 aliphatic heterocycles. The van der Waals surface area contributed by atoms with Crippen LogP contribution in [0.3, 0.4) is 0 Å². The average molecular weight is 314 g/mol. The van der Waals surface area contributed by atoms with E-state index in [1.807, 2.05) is 13.8 Å². The number of hydrogen-bond donors (Lipinski definition) is 0. The lowest BCUT2D eigenvalue weighted by molar-refractivity contribution is -0.133. The lowest BCUT2D eigenvalue weighted by Crippen LogP contribution is -2.56. The molecule has 0 bridgehead atoms. The van der Waals surface area contributed by atoms with Gasteiger partial charge in [-0.05, 0) is 37.1 Å². The first-order chi connectivity index (χ1) is 9.97. The van der Waals surface area contributed by atoms with Gasteiger partial charge in [0.2, 0.25) is 0 Å². The minimum absolute atomic E-state index is 0.0689. The summed E-state index contributed by atoms with van der Waals surface area (Å²) in [5.74, 6) is -0.300. The van der Waals surface area contributed by atoms with Crippen molar-refractivity contribution in [3.63, 3.8) is 0 Å². The molecule has 0 spiro atoms. The molecular weight excluding hydrogens is 293 g/mol. The minimum atomic E-state index is -0.556. The van der Waals surface area contributed by atoms with E-state index < -0.39 is 5.54 Å². The van der Waals surface area contributed by atoms with E-state index in [1.165, 1.54) is 18.2 Å². The summed E-state index contributed by atoms with van der Waals surface area (Å²) in [7, 11) is 0. The molecule has 0 radical (unpaired) electrons. The van der Waals surface area contributed by atoms with E-state index in [1.54, 1.807) is 0 Å². The van der Waals surface area contributed by atoms with Crippen LogP contribution in [-0.2, 0) is 16.0 Å². The predicted molar refractivity (Wildman–Crippen MR) is 81.2 cm³/mol. The number of carbonyl (C=O) groups excluding carboxylic acids is 1. The Hall–Kier alpha value is -0.970. The van der Waals surface area contributed by atoms with E-state index in [4.69, 9.17) is 16.3 Å². The first-order valence-electron chi connectivity index (χ1n) is 7.27. The molecule has 1 aliphatic rings. The van der Waals surface area contributed by atoms with Gasteiger partial charge in [0.15, 0.2) is 5.78 Å². The number of rotatable bonds is 5. The molecule has 21 heavy (non-hydrogen) atoms. The van der Waals surface area contributed by atoms with E-state index in [0.29, 0.717) is 30.2 Å². The molecule has 2 rings (SSSR count). The lowest BCUT2D eigenvalue weighted by atomic mass is 9.87. The summed E-state index contributed by atoms with van der Waals surface area (Å²) in [6.45, 7) is 6.72. The number of benzene rings is 1. The van der Waals surface area contributed by atoms with Crippen LogP contribution >= 0.6 is 11.6 Å². The van der Waals surface area contributed by atoms with Gasteiger partial charge in [-0.2, -0.15) is 0 Å². The van der Waals surface area contributed by atoms with Crippen molar-refractivity contribution < 1.29 is 13.9 Å². The summed E-state index contributed by atoms with van der Waals surface area (Å²) in [6, 6.07) is 4.14. The fourth-order valence-corrected chi connectivity index (χ4v) is 2.88. The zero-order valence-corrected chi connectivity index (χ0v) is 13.3. The van der Waals surface area contributed by atoms with Crippen LogP contribution in [0.5, 0.6) is 0 Å². The minimum Gasteiger partial charge on any atom is -0.379 e. The number of nitrogens with zero attached hydrogens (tertiary/aromatic N) is 1. The van der Waals surface area contributed by atoms with Crippen LogP contribution in [0.4, 0.5) is 4.39 Å². The Morgan fingerprint density at radius 2 is 2.10 bits per heavy atom. The zero-order chi connectivity index (χ0) is 15.5. The Labute approximate surface area is 130 Å². The van der Waals surface area contributed by atoms with Gasteiger partial charge in [-0.25, -0.2) is 4.39 Å². The summed E-state index contributed by atoms with van der Waals surface area (Å²) in [4.78, 5) is 14.9. The number of ketones is 1. The second-order valence-electron chi connectivity index (χ2n) is 5.56. The highest BCUT2D eigenvalue weighted by Crippen LogP contribution is 2.26. The number of halogens is 2. The summed E-state index contributed by atoms with van der Waals surface area (Å²) < 4.78 is 18.7. The third-order valence-corrected chi connectivity index (χ3v) is 4.73. The van der Waals surface area contributed by atoms with E-state index in [0.717, 1.165) is 13.1 Å². The molecule has 5 heteroatoms. The largest absolute Gasteiger partial charge is 0.379 e. The van der Waals surface area contributed by atoms with Crippen LogP contribution in [0.25, 0.3) is 0 Å². The number of hydrogen-bond acceptors (Lipinski definition) is 3. The molecule has 116 valence electrons. The van der Waals surface area contributed by atoms with Crippen LogP contribution < -0.4 is 0 Å². The molecule has 0 N–H and O–H groups in total. The molecule has 1 fully saturated rings. The van der Waals surface area contributed by atoms with Gasteiger partial charge in [0.25, 0.3) is 0 Å². The van der Waals surface area contributed by atoms with Gasteiger partial charge in [-0.15, -0.1) is 0 Å². The third kappa shape index (κ3) is 3.62. The first-order valence-corrected chi connectivity index (χ1v) is 7.65. The van der Waals surface area contributed by atoms with Gasteiger partial charge in [-0.1, -0.05) is 18.5 Å². The summed E-state index contributed by atoms with van der Waals surface area (Å²) in [6.07, 6.45) is 0.858. The molecule has 0 saturated carbocycles. The van der Waals surface area contributed by atoms with Crippen molar-refractivity contribution in [1.29, 1.82) is 0 Å². The highest BCUT2D eigenvalue weighted by Gasteiger charge is 2.38. The normalized spacial score (nSPS) is 19.2. The van der Waals surface area contributed by atoms with Crippen molar-refractivity contribution in [3.05, 3.63) is 34.6 Å². The smallest absolute Gasteiger partial charge is 0.157 e. The van der Waals surface area contributed by atoms with Crippen molar-refractivity contribution in [1.82, 2.24) is 4.90 Å². The third-order valence-electron chi connectivity index (χ3n) is 4.36. The maximum atomic E-state index is 13.3.